The zero-order chi connectivity index (χ0) is 18.3. The fraction of sp³-hybridized carbons (Fsp3) is 0.526. The van der Waals surface area contributed by atoms with Gasteiger partial charge in [-0.2, -0.15) is 0 Å². The number of hydrogen-bond acceptors (Lipinski definition) is 4. The van der Waals surface area contributed by atoms with Gasteiger partial charge in [0.1, 0.15) is 5.75 Å². The molecule has 0 atom stereocenters. The minimum atomic E-state index is -0.706. The number of phenols is 1. The van der Waals surface area contributed by atoms with E-state index < -0.39 is 5.97 Å². The van der Waals surface area contributed by atoms with Gasteiger partial charge >= 0.3 is 5.97 Å². The molecule has 25 heavy (non-hydrogen) atoms. The minimum absolute atomic E-state index is 0.0793. The Morgan fingerprint density at radius 2 is 1.92 bits per heavy atom. The number of carbonyl (C=O) groups is 1. The van der Waals surface area contributed by atoms with Crippen molar-refractivity contribution in [3.63, 3.8) is 0 Å². The van der Waals surface area contributed by atoms with Crippen molar-refractivity contribution in [3.8, 4) is 5.75 Å². The van der Waals surface area contributed by atoms with E-state index in [2.05, 4.69) is 4.98 Å². The molecule has 7 N–H and O–H groups in total. The Morgan fingerprint density at radius 1 is 1.20 bits per heavy atom. The van der Waals surface area contributed by atoms with Gasteiger partial charge in [-0.05, 0) is 61.5 Å². The minimum Gasteiger partial charge on any atom is -0.508 e. The smallest absolute Gasteiger partial charge is 0.303 e. The number of hydrogen-bond donors (Lipinski definition) is 5. The summed E-state index contributed by atoms with van der Waals surface area (Å²) in [6.45, 7) is 1.15. The number of carboxylic acid groups (broad SMARTS) is 1. The molecule has 1 aliphatic rings. The fourth-order valence-corrected chi connectivity index (χ4v) is 3.60. The molecule has 1 aromatic heterocycles. The van der Waals surface area contributed by atoms with Gasteiger partial charge < -0.3 is 26.7 Å². The van der Waals surface area contributed by atoms with Crippen molar-refractivity contribution >= 4 is 16.9 Å². The van der Waals surface area contributed by atoms with Crippen LogP contribution in [0.3, 0.4) is 0 Å². The van der Waals surface area contributed by atoms with Crippen LogP contribution in [-0.2, 0) is 11.2 Å². The van der Waals surface area contributed by atoms with E-state index in [-0.39, 0.29) is 11.8 Å². The number of nitrogens with one attached hydrogen (secondary N) is 1. The second kappa shape index (κ2) is 8.87. The van der Waals surface area contributed by atoms with Gasteiger partial charge in [-0.1, -0.05) is 19.3 Å². The number of aromatic hydroxyl groups is 1. The molecule has 2 aromatic rings. The van der Waals surface area contributed by atoms with Crippen molar-refractivity contribution in [3.05, 3.63) is 30.0 Å². The quantitative estimate of drug-likeness (QED) is 0.568. The van der Waals surface area contributed by atoms with Crippen LogP contribution in [0.4, 0.5) is 0 Å². The molecule has 1 aliphatic carbocycles. The zero-order valence-electron chi connectivity index (χ0n) is 14.6. The molecule has 0 spiro atoms. The first-order valence-electron chi connectivity index (χ1n) is 8.90. The lowest BCUT2D eigenvalue weighted by Crippen LogP contribution is -2.34. The maximum atomic E-state index is 10.6. The Morgan fingerprint density at radius 3 is 2.52 bits per heavy atom. The molecule has 1 heterocycles. The van der Waals surface area contributed by atoms with E-state index in [4.69, 9.17) is 16.6 Å². The molecule has 6 nitrogen and oxygen atoms in total. The van der Waals surface area contributed by atoms with Gasteiger partial charge in [0.2, 0.25) is 0 Å². The molecular formula is C19H29N3O3. The van der Waals surface area contributed by atoms with E-state index in [0.717, 1.165) is 48.6 Å². The molecule has 6 heteroatoms. The molecule has 0 bridgehead atoms. The second-order valence-electron chi connectivity index (χ2n) is 6.92. The van der Waals surface area contributed by atoms with Crippen molar-refractivity contribution in [1.82, 2.24) is 4.98 Å². The zero-order valence-corrected chi connectivity index (χ0v) is 14.6. The average Bonchev–Trinajstić information content (AvgIpc) is 2.98. The number of carboxylic acids is 1. The third kappa shape index (κ3) is 5.21. The summed E-state index contributed by atoms with van der Waals surface area (Å²) >= 11 is 0. The Labute approximate surface area is 148 Å². The van der Waals surface area contributed by atoms with Crippen LogP contribution in [0.15, 0.2) is 24.4 Å². The van der Waals surface area contributed by atoms with E-state index >= 15 is 0 Å². The molecular weight excluding hydrogens is 318 g/mol. The molecule has 1 saturated carbocycles. The molecule has 0 aliphatic heterocycles. The van der Waals surface area contributed by atoms with Crippen LogP contribution in [0.5, 0.6) is 5.75 Å². The largest absolute Gasteiger partial charge is 0.508 e. The predicted molar refractivity (Wildman–Crippen MR) is 99.5 cm³/mol. The van der Waals surface area contributed by atoms with E-state index in [1.54, 1.807) is 12.1 Å². The number of aliphatic carboxylic acids is 1. The van der Waals surface area contributed by atoms with Gasteiger partial charge in [0, 0.05) is 17.1 Å². The number of fused-ring (bicyclic) bond motifs is 1. The van der Waals surface area contributed by atoms with E-state index in [1.807, 2.05) is 12.3 Å². The van der Waals surface area contributed by atoms with E-state index in [1.165, 1.54) is 6.42 Å². The Bertz CT molecular complexity index is 690. The van der Waals surface area contributed by atoms with Crippen LogP contribution in [-0.4, -0.2) is 34.3 Å². The van der Waals surface area contributed by atoms with Crippen LogP contribution in [0.25, 0.3) is 10.9 Å². The average molecular weight is 347 g/mol. The normalized spacial score (nSPS) is 16.2. The maximum Gasteiger partial charge on any atom is 0.303 e. The first kappa shape index (κ1) is 19.3. The molecule has 0 amide bonds. The Kier molecular flexibility index (Phi) is 6.84. The first-order valence-corrected chi connectivity index (χ1v) is 8.90. The monoisotopic (exact) mass is 347 g/mol. The lowest BCUT2D eigenvalue weighted by molar-refractivity contribution is -0.140. The second-order valence-corrected chi connectivity index (χ2v) is 6.92. The van der Waals surface area contributed by atoms with Gasteiger partial charge in [-0.3, -0.25) is 4.79 Å². The molecule has 138 valence electrons. The number of nitrogens with two attached hydrogens (primary N) is 2. The van der Waals surface area contributed by atoms with Crippen LogP contribution in [0, 0.1) is 5.41 Å². The molecule has 0 saturated heterocycles. The van der Waals surface area contributed by atoms with Gasteiger partial charge in [-0.15, -0.1) is 0 Å². The number of aromatic nitrogens is 1. The first-order chi connectivity index (χ1) is 12.0. The summed E-state index contributed by atoms with van der Waals surface area (Å²) in [7, 11) is 0. The lowest BCUT2D eigenvalue weighted by atomic mass is 9.72. The topological polar surface area (TPSA) is 125 Å². The lowest BCUT2D eigenvalue weighted by Gasteiger charge is -2.34. The maximum absolute atomic E-state index is 10.6. The van der Waals surface area contributed by atoms with Crippen LogP contribution >= 0.6 is 0 Å². The number of aromatic amines is 1. The summed E-state index contributed by atoms with van der Waals surface area (Å²) in [4.78, 5) is 13.7. The highest BCUT2D eigenvalue weighted by Gasteiger charge is 2.32. The third-order valence-corrected chi connectivity index (χ3v) is 5.04. The number of benzene rings is 1. The standard InChI is InChI=1S/C10H12N2O.C9H17NO2/c11-4-3-7-6-12-10-2-1-8(13)5-9(7)10;10-7-9(6-8(11)12)4-2-1-3-5-9/h1-2,5-6,12-13H,3-4,11H2;1-7,10H2,(H,11,12). The highest BCUT2D eigenvalue weighted by atomic mass is 16.4. The van der Waals surface area contributed by atoms with Crippen LogP contribution < -0.4 is 11.5 Å². The highest BCUT2D eigenvalue weighted by Crippen LogP contribution is 2.38. The number of H-pyrrole nitrogens is 1. The molecule has 3 rings (SSSR count). The Balaban J connectivity index is 0.000000181. The van der Waals surface area contributed by atoms with Gasteiger partial charge in [0.05, 0.1) is 6.42 Å². The van der Waals surface area contributed by atoms with Gasteiger partial charge in [-0.25, -0.2) is 0 Å². The summed E-state index contributed by atoms with van der Waals surface area (Å²) in [5, 5.41) is 19.1. The van der Waals surface area contributed by atoms with Gasteiger partial charge in [0.25, 0.3) is 0 Å². The van der Waals surface area contributed by atoms with Crippen LogP contribution in [0.1, 0.15) is 44.1 Å². The predicted octanol–water partition coefficient (Wildman–Crippen LogP) is 2.75. The SMILES string of the molecule is NCC1(CC(=O)O)CCCCC1.NCCc1c[nH]c2ccc(O)cc12. The van der Waals surface area contributed by atoms with Crippen molar-refractivity contribution in [2.24, 2.45) is 16.9 Å². The molecule has 1 fully saturated rings. The summed E-state index contributed by atoms with van der Waals surface area (Å²) in [5.74, 6) is -0.410. The van der Waals surface area contributed by atoms with E-state index in [0.29, 0.717) is 18.8 Å². The van der Waals surface area contributed by atoms with Gasteiger partial charge in [0.15, 0.2) is 0 Å². The Hall–Kier alpha value is -2.05. The van der Waals surface area contributed by atoms with Crippen molar-refractivity contribution in [2.75, 3.05) is 13.1 Å². The van der Waals surface area contributed by atoms with Crippen molar-refractivity contribution < 1.29 is 15.0 Å². The molecule has 0 unspecified atom stereocenters. The summed E-state index contributed by atoms with van der Waals surface area (Å²) in [6, 6.07) is 5.30. The number of rotatable bonds is 5. The summed E-state index contributed by atoms with van der Waals surface area (Å²) < 4.78 is 0. The fourth-order valence-electron chi connectivity index (χ4n) is 3.60. The van der Waals surface area contributed by atoms with Crippen molar-refractivity contribution in [1.29, 1.82) is 0 Å². The molecule has 1 aromatic carbocycles. The highest BCUT2D eigenvalue weighted by molar-refractivity contribution is 5.84. The van der Waals surface area contributed by atoms with Crippen molar-refractivity contribution in [2.45, 2.75) is 44.9 Å². The van der Waals surface area contributed by atoms with Crippen LogP contribution in [0.2, 0.25) is 0 Å². The third-order valence-electron chi connectivity index (χ3n) is 5.04. The number of phenolic OH excluding ortho intramolecular Hbond substituents is 1. The summed E-state index contributed by atoms with van der Waals surface area (Å²) in [6.07, 6.45) is 8.55. The van der Waals surface area contributed by atoms with E-state index in [9.17, 15) is 9.90 Å². The summed E-state index contributed by atoms with van der Waals surface area (Å²) in [5.41, 5.74) is 13.2. The molecule has 0 radical (unpaired) electrons.